The summed E-state index contributed by atoms with van der Waals surface area (Å²) in [6, 6.07) is 0. The quantitative estimate of drug-likeness (QED) is 0.0790. The Hall–Kier alpha value is -1.45. The normalized spacial score (nSPS) is 11.8. The summed E-state index contributed by atoms with van der Waals surface area (Å²) in [7, 11) is 0. The van der Waals surface area contributed by atoms with E-state index in [2.05, 4.69) is 6.92 Å². The van der Waals surface area contributed by atoms with Gasteiger partial charge >= 0.3 is 0 Å². The number of ether oxygens (including phenoxy) is 28. The van der Waals surface area contributed by atoms with Crippen molar-refractivity contribution in [2.75, 3.05) is 370 Å². The highest BCUT2D eigenvalue weighted by atomic mass is 16.6. The van der Waals surface area contributed by atoms with Gasteiger partial charge < -0.3 is 133 Å². The minimum absolute atomic E-state index is 0.120. The molecule has 29 nitrogen and oxygen atoms in total. The van der Waals surface area contributed by atoms with Crippen molar-refractivity contribution in [1.82, 2.24) is 0 Å². The first-order valence-corrected chi connectivity index (χ1v) is 32.9. The summed E-state index contributed by atoms with van der Waals surface area (Å²) in [5, 5.41) is 0. The summed E-state index contributed by atoms with van der Waals surface area (Å²) in [6.07, 6.45) is 2.66. The number of Topliss-reactive ketones (excluding diaryl/α,β-unsaturated/α-hetero) is 1. The van der Waals surface area contributed by atoms with Crippen LogP contribution in [0.25, 0.3) is 0 Å². The van der Waals surface area contributed by atoms with Gasteiger partial charge in [-0.1, -0.05) is 13.3 Å². The van der Waals surface area contributed by atoms with Crippen LogP contribution in [-0.4, -0.2) is 376 Å². The van der Waals surface area contributed by atoms with Crippen LogP contribution in [-0.2, 0) is 137 Å². The second-order valence-corrected chi connectivity index (χ2v) is 19.0. The molecule has 0 aliphatic carbocycles. The molecule has 0 amide bonds. The number of carbonyl (C=O) groups excluding carboxylic acids is 1. The van der Waals surface area contributed by atoms with Gasteiger partial charge in [-0.3, -0.25) is 4.79 Å². The van der Waals surface area contributed by atoms with E-state index >= 15 is 0 Å². The van der Waals surface area contributed by atoms with Crippen molar-refractivity contribution in [1.29, 1.82) is 0 Å². The average Bonchev–Trinajstić information content (AvgIpc) is 3.55. The zero-order valence-electron chi connectivity index (χ0n) is 56.1. The molecular formula is C62H124O29. The molecule has 29 heteroatoms. The molecule has 0 bridgehead atoms. The second kappa shape index (κ2) is 86.6. The molecular weight excluding hydrogens is 1210 g/mol. The SMILES string of the molecule is CCCCOCCOCCOCCOCCOCCOCCOCCOCCOCCOCCOCCOCCOCCOCCOCCOCCOCCOCCOCCOCCOCCOCCOCCOCCOCCOCCOCCOCCC(C)=O. The molecule has 0 spiro atoms. The minimum atomic E-state index is 0.120. The number of rotatable bonds is 87. The van der Waals surface area contributed by atoms with E-state index in [1.54, 1.807) is 6.92 Å². The van der Waals surface area contributed by atoms with Crippen molar-refractivity contribution in [2.45, 2.75) is 33.1 Å². The Kier molecular flexibility index (Phi) is 85.2. The van der Waals surface area contributed by atoms with E-state index in [1.807, 2.05) is 0 Å². The third-order valence-corrected chi connectivity index (χ3v) is 11.3. The van der Waals surface area contributed by atoms with Crippen molar-refractivity contribution in [2.24, 2.45) is 0 Å². The van der Waals surface area contributed by atoms with Gasteiger partial charge in [0.2, 0.25) is 0 Å². The van der Waals surface area contributed by atoms with Crippen molar-refractivity contribution < 1.29 is 137 Å². The van der Waals surface area contributed by atoms with Crippen molar-refractivity contribution in [3.05, 3.63) is 0 Å². The Labute approximate surface area is 544 Å². The first kappa shape index (κ1) is 89.5. The molecule has 0 aromatic heterocycles. The van der Waals surface area contributed by atoms with Gasteiger partial charge in [0.15, 0.2) is 0 Å². The lowest BCUT2D eigenvalue weighted by Crippen LogP contribution is -2.16. The lowest BCUT2D eigenvalue weighted by molar-refractivity contribution is -0.118. The molecule has 0 N–H and O–H groups in total. The second-order valence-electron chi connectivity index (χ2n) is 19.0. The molecule has 0 radical (unpaired) electrons. The molecule has 0 unspecified atom stereocenters. The Balaban J connectivity index is 3.09. The Morgan fingerprint density at radius 2 is 0.242 bits per heavy atom. The summed E-state index contributed by atoms with van der Waals surface area (Å²) in [5.41, 5.74) is 0. The maximum Gasteiger partial charge on any atom is 0.132 e. The highest BCUT2D eigenvalue weighted by Crippen LogP contribution is 1.94. The van der Waals surface area contributed by atoms with Crippen molar-refractivity contribution in [3.63, 3.8) is 0 Å². The largest absolute Gasteiger partial charge is 0.379 e. The monoisotopic (exact) mass is 1330 g/mol. The van der Waals surface area contributed by atoms with Gasteiger partial charge in [0.1, 0.15) is 5.78 Å². The van der Waals surface area contributed by atoms with Crippen LogP contribution >= 0.6 is 0 Å². The fourth-order valence-electron chi connectivity index (χ4n) is 6.50. The van der Waals surface area contributed by atoms with Crippen LogP contribution in [0.5, 0.6) is 0 Å². The highest BCUT2D eigenvalue weighted by Gasteiger charge is 2.02. The Morgan fingerprint density at radius 3 is 0.330 bits per heavy atom. The predicted octanol–water partition coefficient (Wildman–Crippen LogP) is 2.23. The standard InChI is InChI=1S/C62H124O29/c1-3-4-6-64-8-10-66-12-14-68-16-18-70-20-22-72-24-26-74-28-30-76-32-34-78-36-38-80-40-42-82-44-46-84-48-50-86-52-54-88-56-58-90-60-61-91-59-57-89-55-53-87-51-49-85-47-45-83-43-41-81-39-37-79-35-33-77-31-29-75-27-25-73-23-21-71-19-17-69-15-13-67-11-9-65-7-5-62(2)63/h3-61H2,1-2H3. The molecule has 0 aromatic rings. The van der Waals surface area contributed by atoms with Gasteiger partial charge in [-0.25, -0.2) is 0 Å². The van der Waals surface area contributed by atoms with Gasteiger partial charge in [0.05, 0.1) is 363 Å². The number of carbonyl (C=O) groups is 1. The number of ketones is 1. The molecule has 0 aliphatic rings. The smallest absolute Gasteiger partial charge is 0.132 e. The first-order valence-electron chi connectivity index (χ1n) is 32.9. The van der Waals surface area contributed by atoms with E-state index in [0.29, 0.717) is 370 Å². The zero-order chi connectivity index (χ0) is 65.1. The Bertz CT molecular complexity index is 1290. The van der Waals surface area contributed by atoms with Gasteiger partial charge in [0.25, 0.3) is 0 Å². The number of hydrogen-bond donors (Lipinski definition) is 0. The van der Waals surface area contributed by atoms with E-state index in [-0.39, 0.29) is 5.78 Å². The fourth-order valence-corrected chi connectivity index (χ4v) is 6.50. The number of unbranched alkanes of at least 4 members (excludes halogenated alkanes) is 1. The van der Waals surface area contributed by atoms with Crippen LogP contribution in [0.2, 0.25) is 0 Å². The molecule has 0 heterocycles. The summed E-state index contributed by atoms with van der Waals surface area (Å²) in [5.74, 6) is 0.120. The fraction of sp³-hybridized carbons (Fsp3) is 0.984. The van der Waals surface area contributed by atoms with Crippen molar-refractivity contribution >= 4 is 5.78 Å². The number of hydrogen-bond acceptors (Lipinski definition) is 29. The molecule has 0 aliphatic heterocycles. The van der Waals surface area contributed by atoms with Crippen LogP contribution in [0.1, 0.15) is 33.1 Å². The minimum Gasteiger partial charge on any atom is -0.379 e. The van der Waals surface area contributed by atoms with Crippen LogP contribution in [0.3, 0.4) is 0 Å². The lowest BCUT2D eigenvalue weighted by Gasteiger charge is -2.09. The molecule has 0 aromatic carbocycles. The Morgan fingerprint density at radius 1 is 0.154 bits per heavy atom. The molecule has 546 valence electrons. The molecule has 0 saturated heterocycles. The average molecular weight is 1330 g/mol. The molecule has 0 fully saturated rings. The van der Waals surface area contributed by atoms with Crippen LogP contribution < -0.4 is 0 Å². The summed E-state index contributed by atoms with van der Waals surface area (Å²) >= 11 is 0. The third-order valence-electron chi connectivity index (χ3n) is 11.3. The van der Waals surface area contributed by atoms with E-state index in [1.165, 1.54) is 0 Å². The lowest BCUT2D eigenvalue weighted by atomic mass is 10.3. The van der Waals surface area contributed by atoms with Crippen LogP contribution in [0.15, 0.2) is 0 Å². The summed E-state index contributed by atoms with van der Waals surface area (Å²) in [4.78, 5) is 10.8. The van der Waals surface area contributed by atoms with Gasteiger partial charge in [-0.05, 0) is 13.3 Å². The first-order chi connectivity index (χ1) is 45.3. The molecule has 0 atom stereocenters. The van der Waals surface area contributed by atoms with E-state index in [9.17, 15) is 4.79 Å². The van der Waals surface area contributed by atoms with Crippen LogP contribution in [0, 0.1) is 0 Å². The topological polar surface area (TPSA) is 276 Å². The van der Waals surface area contributed by atoms with Gasteiger partial charge in [-0.2, -0.15) is 0 Å². The van der Waals surface area contributed by atoms with Gasteiger partial charge in [-0.15, -0.1) is 0 Å². The summed E-state index contributed by atoms with van der Waals surface area (Å²) < 4.78 is 154. The zero-order valence-corrected chi connectivity index (χ0v) is 56.1. The maximum absolute atomic E-state index is 10.8. The molecule has 91 heavy (non-hydrogen) atoms. The van der Waals surface area contributed by atoms with Gasteiger partial charge in [0, 0.05) is 13.0 Å². The van der Waals surface area contributed by atoms with E-state index in [0.717, 1.165) is 19.4 Å². The third kappa shape index (κ3) is 88.5. The van der Waals surface area contributed by atoms with Crippen LogP contribution in [0.4, 0.5) is 0 Å². The molecule has 0 rings (SSSR count). The highest BCUT2D eigenvalue weighted by molar-refractivity contribution is 5.75. The molecule has 0 saturated carbocycles. The van der Waals surface area contributed by atoms with Crippen molar-refractivity contribution in [3.8, 4) is 0 Å². The predicted molar refractivity (Wildman–Crippen MR) is 333 cm³/mol. The summed E-state index contributed by atoms with van der Waals surface area (Å²) in [6.45, 7) is 31.6. The van der Waals surface area contributed by atoms with E-state index in [4.69, 9.17) is 133 Å². The maximum atomic E-state index is 10.8. The van der Waals surface area contributed by atoms with E-state index < -0.39 is 0 Å².